The number of allylic oxidation sites excluding steroid dienone is 5. The molecule has 0 atom stereocenters. The number of carbonyl (C=O) groups is 2. The van der Waals surface area contributed by atoms with Crippen LogP contribution in [0.15, 0.2) is 90.2 Å². The van der Waals surface area contributed by atoms with Crippen LogP contribution in [0.4, 0.5) is 21.6 Å². The van der Waals surface area contributed by atoms with Crippen molar-refractivity contribution < 1.29 is 18.7 Å². The minimum atomic E-state index is -0.286. The number of fused-ring (bicyclic) bond motifs is 3. The molecule has 8 nitrogen and oxygen atoms in total. The van der Waals surface area contributed by atoms with Gasteiger partial charge in [0.15, 0.2) is 6.29 Å². The van der Waals surface area contributed by atoms with Crippen molar-refractivity contribution in [3.63, 3.8) is 0 Å². The number of hydrogen-bond acceptors (Lipinski definition) is 8. The van der Waals surface area contributed by atoms with Crippen LogP contribution in [0.2, 0.25) is 0 Å². The van der Waals surface area contributed by atoms with Crippen LogP contribution in [0, 0.1) is 18.2 Å². The van der Waals surface area contributed by atoms with Gasteiger partial charge in [-0.15, -0.1) is 11.3 Å². The second-order valence-corrected chi connectivity index (χ2v) is 15.4. The number of pyridine rings is 1. The summed E-state index contributed by atoms with van der Waals surface area (Å²) < 4.78 is 21.1. The fraction of sp³-hybridized carbons (Fsp3) is 0.326. The van der Waals surface area contributed by atoms with Gasteiger partial charge in [-0.25, -0.2) is 9.37 Å². The smallest absolute Gasteiger partial charge is 0.258 e. The molecule has 4 aliphatic rings. The zero-order valence-electron chi connectivity index (χ0n) is 30.6. The quantitative estimate of drug-likeness (QED) is 0.192. The van der Waals surface area contributed by atoms with Gasteiger partial charge in [-0.05, 0) is 123 Å². The summed E-state index contributed by atoms with van der Waals surface area (Å²) in [6, 6.07) is 16.7. The van der Waals surface area contributed by atoms with Crippen molar-refractivity contribution in [1.82, 2.24) is 4.98 Å². The predicted octanol–water partition coefficient (Wildman–Crippen LogP) is 8.58. The van der Waals surface area contributed by atoms with E-state index in [1.807, 2.05) is 31.3 Å². The van der Waals surface area contributed by atoms with E-state index < -0.39 is 0 Å². The van der Waals surface area contributed by atoms with Gasteiger partial charge in [0.2, 0.25) is 0 Å². The summed E-state index contributed by atoms with van der Waals surface area (Å²) in [6.07, 6.45) is 13.9. The highest BCUT2D eigenvalue weighted by Crippen LogP contribution is 2.45. The molecular formula is C43H46FN5O3S. The molecular weight excluding hydrogens is 686 g/mol. The third kappa shape index (κ3) is 7.43. The first kappa shape index (κ1) is 36.3. The monoisotopic (exact) mass is 731 g/mol. The van der Waals surface area contributed by atoms with Crippen LogP contribution in [-0.2, 0) is 11.2 Å². The number of hydrogen-bond donors (Lipinski definition) is 2. The number of carbonyl (C=O) groups excluding carboxylic acids is 2. The number of aryl methyl sites for hydroxylation is 1. The van der Waals surface area contributed by atoms with E-state index >= 15 is 4.39 Å². The predicted molar refractivity (Wildman–Crippen MR) is 213 cm³/mol. The Morgan fingerprint density at radius 2 is 1.85 bits per heavy atom. The van der Waals surface area contributed by atoms with E-state index in [0.29, 0.717) is 52.0 Å². The second kappa shape index (κ2) is 15.5. The Morgan fingerprint density at radius 3 is 2.57 bits per heavy atom. The van der Waals surface area contributed by atoms with Crippen molar-refractivity contribution in [3.8, 4) is 10.4 Å². The highest BCUT2D eigenvalue weighted by molar-refractivity contribution is 7.16. The summed E-state index contributed by atoms with van der Waals surface area (Å²) in [4.78, 5) is 34.5. The summed E-state index contributed by atoms with van der Waals surface area (Å²) in [5.41, 5.74) is 15.0. The molecule has 5 heterocycles. The van der Waals surface area contributed by atoms with Gasteiger partial charge in [0, 0.05) is 73.3 Å². The molecule has 0 unspecified atom stereocenters. The third-order valence-corrected chi connectivity index (χ3v) is 12.1. The minimum absolute atomic E-state index is 0.135. The summed E-state index contributed by atoms with van der Waals surface area (Å²) in [6.45, 7) is 8.09. The van der Waals surface area contributed by atoms with E-state index in [2.05, 4.69) is 46.4 Å². The standard InChI is InChI=1S/C30H30FN3OS.C13H16N2O2/c1-18-6-4-5-7-21(18)16-24(32)26-17-22-14-15-34(30(35)20-9-11-23(33-3)12-10-20)25-13-8-19(2)28(31)27(25)29(22)36-26;16-8-11-2-1-5-14-12(11)15-9-13(10-15)3-6-17-7-4-13/h4,6,8-13,16-17,33H,5,7,14-15,32H2,1-3H3;1-2,5,8H,3-4,6-7,9-10H2/b24-16-;. The van der Waals surface area contributed by atoms with Crippen molar-refractivity contribution in [2.24, 2.45) is 11.1 Å². The number of rotatable bonds is 6. The van der Waals surface area contributed by atoms with E-state index in [4.69, 9.17) is 10.5 Å². The van der Waals surface area contributed by atoms with Crippen LogP contribution in [0.3, 0.4) is 0 Å². The Morgan fingerprint density at radius 1 is 1.08 bits per heavy atom. The molecule has 2 aromatic carbocycles. The highest BCUT2D eigenvalue weighted by atomic mass is 32.1. The number of thiophene rings is 1. The number of aromatic nitrogens is 1. The van der Waals surface area contributed by atoms with Crippen molar-refractivity contribution in [3.05, 3.63) is 123 Å². The number of anilines is 3. The molecule has 2 aromatic heterocycles. The number of nitrogens with zero attached hydrogens (tertiary/aromatic N) is 3. The van der Waals surface area contributed by atoms with Crippen molar-refractivity contribution in [2.45, 2.75) is 46.0 Å². The second-order valence-electron chi connectivity index (χ2n) is 14.3. The van der Waals surface area contributed by atoms with Crippen molar-refractivity contribution in [2.75, 3.05) is 55.0 Å². The molecule has 10 heteroatoms. The normalized spacial score (nSPS) is 17.6. The molecule has 53 heavy (non-hydrogen) atoms. The average Bonchev–Trinajstić information content (AvgIpc) is 3.53. The van der Waals surface area contributed by atoms with Gasteiger partial charge in [0.1, 0.15) is 11.6 Å². The average molecular weight is 732 g/mol. The van der Waals surface area contributed by atoms with Crippen LogP contribution < -0.4 is 20.9 Å². The third-order valence-electron chi connectivity index (χ3n) is 10.8. The minimum Gasteiger partial charge on any atom is -0.398 e. The van der Waals surface area contributed by atoms with Crippen molar-refractivity contribution in [1.29, 1.82) is 0 Å². The van der Waals surface area contributed by atoms with Gasteiger partial charge in [-0.2, -0.15) is 0 Å². The van der Waals surface area contributed by atoms with Gasteiger partial charge < -0.3 is 25.6 Å². The van der Waals surface area contributed by atoms with E-state index in [9.17, 15) is 9.59 Å². The van der Waals surface area contributed by atoms with Crippen LogP contribution >= 0.6 is 11.3 Å². The SMILES string of the molecule is CNc1ccc(C(=O)N2CCc3cc(/C(N)=C/C4=C(C)C=CCC4)sc3-c3c2ccc(C)c3F)cc1.O=Cc1cccnc1N1CC2(CCOCC2)C1. The number of nitrogens with one attached hydrogen (secondary N) is 1. The molecule has 1 spiro atoms. The topological polar surface area (TPSA) is 101 Å². The molecule has 3 N–H and O–H groups in total. The fourth-order valence-corrected chi connectivity index (χ4v) is 8.81. The number of nitrogens with two attached hydrogens (primary N) is 1. The number of ether oxygens (including phenoxy) is 1. The Labute approximate surface area is 314 Å². The number of aldehydes is 1. The van der Waals surface area contributed by atoms with Gasteiger partial charge in [0.05, 0.1) is 21.7 Å². The number of halogens is 1. The Hall–Kier alpha value is -5.06. The maximum atomic E-state index is 15.7. The molecule has 4 aromatic rings. The molecule has 1 aliphatic carbocycles. The lowest BCUT2D eigenvalue weighted by atomic mass is 9.73. The molecule has 8 rings (SSSR count). The lowest BCUT2D eigenvalue weighted by Gasteiger charge is -2.52. The summed E-state index contributed by atoms with van der Waals surface area (Å²) in [5.74, 6) is 0.412. The highest BCUT2D eigenvalue weighted by Gasteiger charge is 2.44. The lowest BCUT2D eigenvalue weighted by Crippen LogP contribution is -2.59. The fourth-order valence-electron chi connectivity index (χ4n) is 7.63. The molecule has 0 saturated carbocycles. The van der Waals surface area contributed by atoms with E-state index in [1.165, 1.54) is 22.5 Å². The summed E-state index contributed by atoms with van der Waals surface area (Å²) in [5, 5.41) is 3.07. The molecule has 3 aliphatic heterocycles. The molecule has 2 saturated heterocycles. The van der Waals surface area contributed by atoms with Gasteiger partial charge in [-0.3, -0.25) is 9.59 Å². The van der Waals surface area contributed by atoms with Gasteiger partial charge >= 0.3 is 0 Å². The first-order chi connectivity index (χ1) is 25.7. The first-order valence-electron chi connectivity index (χ1n) is 18.3. The molecule has 0 bridgehead atoms. The molecule has 1 amide bonds. The van der Waals surface area contributed by atoms with E-state index in [0.717, 1.165) is 85.1 Å². The van der Waals surface area contributed by atoms with Crippen LogP contribution in [0.25, 0.3) is 16.1 Å². The van der Waals surface area contributed by atoms with E-state index in [-0.39, 0.29) is 11.7 Å². The van der Waals surface area contributed by atoms with Crippen LogP contribution in [0.5, 0.6) is 0 Å². The molecule has 0 radical (unpaired) electrons. The molecule has 2 fully saturated rings. The Bertz CT molecular complexity index is 2100. The maximum Gasteiger partial charge on any atom is 0.258 e. The zero-order chi connectivity index (χ0) is 37.1. The first-order valence-corrected chi connectivity index (χ1v) is 19.1. The molecule has 274 valence electrons. The Kier molecular flexibility index (Phi) is 10.6. The lowest BCUT2D eigenvalue weighted by molar-refractivity contribution is -0.000496. The largest absolute Gasteiger partial charge is 0.398 e. The Balaban J connectivity index is 0.000000212. The van der Waals surface area contributed by atoms with Crippen molar-refractivity contribution >= 4 is 46.4 Å². The zero-order valence-corrected chi connectivity index (χ0v) is 31.4. The number of benzene rings is 2. The van der Waals surface area contributed by atoms with Gasteiger partial charge in [-0.1, -0.05) is 18.2 Å². The summed E-state index contributed by atoms with van der Waals surface area (Å²) in [7, 11) is 1.84. The summed E-state index contributed by atoms with van der Waals surface area (Å²) >= 11 is 1.51. The maximum absolute atomic E-state index is 15.7. The van der Waals surface area contributed by atoms with E-state index in [1.54, 1.807) is 42.3 Å². The van der Waals surface area contributed by atoms with Gasteiger partial charge in [0.25, 0.3) is 5.91 Å². The van der Waals surface area contributed by atoms with Crippen LogP contribution in [-0.4, -0.2) is 57.1 Å². The van der Waals surface area contributed by atoms with Crippen LogP contribution in [0.1, 0.15) is 69.3 Å². The number of amides is 1.